The van der Waals surface area contributed by atoms with Crippen molar-refractivity contribution in [2.24, 2.45) is 5.92 Å². The Hall–Kier alpha value is -0.570. The summed E-state index contributed by atoms with van der Waals surface area (Å²) in [5.41, 5.74) is 0.917. The van der Waals surface area contributed by atoms with Gasteiger partial charge in [-0.25, -0.2) is 0 Å². The Morgan fingerprint density at radius 3 is 2.32 bits per heavy atom. The molecule has 0 N–H and O–H groups in total. The molecule has 0 amide bonds. The number of furan rings is 1. The summed E-state index contributed by atoms with van der Waals surface area (Å²) in [6.07, 6.45) is 1.16. The van der Waals surface area contributed by atoms with Crippen LogP contribution in [-0.4, -0.2) is 13.2 Å². The molecule has 0 radical (unpaired) electrons. The standard InChI is InChI=1S/C14H25O4P/c1-6-16-19(15,17-7-2)10-13-9-14(8-11(3)4)18-12(13)5/h9,11H,6-8,10H2,1-5H3. The van der Waals surface area contributed by atoms with Gasteiger partial charge in [-0.05, 0) is 32.8 Å². The van der Waals surface area contributed by atoms with Gasteiger partial charge in [0.25, 0.3) is 0 Å². The zero-order chi connectivity index (χ0) is 14.5. The highest BCUT2D eigenvalue weighted by atomic mass is 31.2. The molecule has 0 bridgehead atoms. The van der Waals surface area contributed by atoms with Crippen molar-refractivity contribution in [1.82, 2.24) is 0 Å². The van der Waals surface area contributed by atoms with Crippen molar-refractivity contribution in [3.63, 3.8) is 0 Å². The maximum atomic E-state index is 12.5. The molecule has 0 aliphatic rings. The fourth-order valence-corrected chi connectivity index (χ4v) is 3.75. The first-order valence-electron chi connectivity index (χ1n) is 6.86. The maximum Gasteiger partial charge on any atom is 0.335 e. The van der Waals surface area contributed by atoms with Crippen molar-refractivity contribution in [3.8, 4) is 0 Å². The van der Waals surface area contributed by atoms with E-state index < -0.39 is 7.60 Å². The van der Waals surface area contributed by atoms with Gasteiger partial charge in [-0.3, -0.25) is 4.57 Å². The lowest BCUT2D eigenvalue weighted by Crippen LogP contribution is -1.99. The molecule has 19 heavy (non-hydrogen) atoms. The summed E-state index contributed by atoms with van der Waals surface area (Å²) in [6, 6.07) is 1.97. The summed E-state index contributed by atoms with van der Waals surface area (Å²) >= 11 is 0. The van der Waals surface area contributed by atoms with E-state index in [0.29, 0.717) is 19.1 Å². The summed E-state index contributed by atoms with van der Waals surface area (Å²) < 4.78 is 28.8. The van der Waals surface area contributed by atoms with E-state index in [4.69, 9.17) is 13.5 Å². The van der Waals surface area contributed by atoms with Crippen LogP contribution in [0.3, 0.4) is 0 Å². The van der Waals surface area contributed by atoms with Crippen molar-refractivity contribution >= 4 is 7.60 Å². The molecule has 110 valence electrons. The molecular weight excluding hydrogens is 263 g/mol. The lowest BCUT2D eigenvalue weighted by Gasteiger charge is -2.16. The minimum absolute atomic E-state index is 0.280. The molecule has 4 nitrogen and oxygen atoms in total. The van der Waals surface area contributed by atoms with Crippen LogP contribution in [0.4, 0.5) is 0 Å². The van der Waals surface area contributed by atoms with Gasteiger partial charge in [0.05, 0.1) is 19.4 Å². The highest BCUT2D eigenvalue weighted by Crippen LogP contribution is 2.51. The second-order valence-corrected chi connectivity index (χ2v) is 7.05. The molecule has 5 heteroatoms. The third-order valence-corrected chi connectivity index (χ3v) is 4.73. The SMILES string of the molecule is CCOP(=O)(Cc1cc(CC(C)C)oc1C)OCC. The predicted octanol–water partition coefficient (Wildman–Crippen LogP) is 4.55. The van der Waals surface area contributed by atoms with Gasteiger partial charge >= 0.3 is 7.60 Å². The molecule has 0 aromatic carbocycles. The van der Waals surface area contributed by atoms with Crippen molar-refractivity contribution in [1.29, 1.82) is 0 Å². The van der Waals surface area contributed by atoms with Gasteiger partial charge in [-0.15, -0.1) is 0 Å². The van der Waals surface area contributed by atoms with Crippen LogP contribution in [0.25, 0.3) is 0 Å². The smallest absolute Gasteiger partial charge is 0.335 e. The fourth-order valence-electron chi connectivity index (χ4n) is 1.98. The first-order chi connectivity index (χ1) is 8.90. The summed E-state index contributed by atoms with van der Waals surface area (Å²) in [5.74, 6) is 2.27. The molecule has 0 aliphatic heterocycles. The third kappa shape index (κ3) is 5.13. The van der Waals surface area contributed by atoms with Gasteiger partial charge in [-0.1, -0.05) is 13.8 Å². The Morgan fingerprint density at radius 1 is 1.26 bits per heavy atom. The Balaban J connectivity index is 2.84. The topological polar surface area (TPSA) is 48.7 Å². The Morgan fingerprint density at radius 2 is 1.84 bits per heavy atom. The molecule has 0 unspecified atom stereocenters. The molecule has 0 aliphatic carbocycles. The molecule has 1 aromatic heterocycles. The van der Waals surface area contributed by atoms with Gasteiger partial charge in [0, 0.05) is 12.0 Å². The summed E-state index contributed by atoms with van der Waals surface area (Å²) in [6.45, 7) is 10.6. The quantitative estimate of drug-likeness (QED) is 0.658. The van der Waals surface area contributed by atoms with Crippen LogP contribution in [0.15, 0.2) is 10.5 Å². The third-order valence-electron chi connectivity index (χ3n) is 2.70. The van der Waals surface area contributed by atoms with Gasteiger partial charge in [0.15, 0.2) is 0 Å². The Kier molecular flexibility index (Phi) is 6.31. The lowest BCUT2D eigenvalue weighted by molar-refractivity contribution is 0.219. The lowest BCUT2D eigenvalue weighted by atomic mass is 10.1. The normalized spacial score (nSPS) is 12.3. The monoisotopic (exact) mass is 288 g/mol. The first-order valence-corrected chi connectivity index (χ1v) is 8.59. The average molecular weight is 288 g/mol. The van der Waals surface area contributed by atoms with Crippen LogP contribution >= 0.6 is 7.60 Å². The minimum Gasteiger partial charge on any atom is -0.466 e. The van der Waals surface area contributed by atoms with E-state index in [1.54, 1.807) is 0 Å². The van der Waals surface area contributed by atoms with Gasteiger partial charge in [0.2, 0.25) is 0 Å². The minimum atomic E-state index is -3.05. The molecule has 1 heterocycles. The van der Waals surface area contributed by atoms with E-state index >= 15 is 0 Å². The molecular formula is C14H25O4P. The molecule has 0 fully saturated rings. The zero-order valence-electron chi connectivity index (χ0n) is 12.6. The van der Waals surface area contributed by atoms with Crippen LogP contribution in [0, 0.1) is 12.8 Å². The number of rotatable bonds is 8. The molecule has 0 atom stereocenters. The van der Waals surface area contributed by atoms with Gasteiger partial charge in [-0.2, -0.15) is 0 Å². The largest absolute Gasteiger partial charge is 0.466 e. The zero-order valence-corrected chi connectivity index (χ0v) is 13.5. The van der Waals surface area contributed by atoms with Crippen molar-refractivity contribution in [2.45, 2.75) is 47.2 Å². The van der Waals surface area contributed by atoms with Crippen LogP contribution < -0.4 is 0 Å². The Labute approximate surface area is 116 Å². The van der Waals surface area contributed by atoms with E-state index in [9.17, 15) is 4.57 Å². The van der Waals surface area contributed by atoms with Gasteiger partial charge < -0.3 is 13.5 Å². The molecule has 1 rings (SSSR count). The average Bonchev–Trinajstić information content (AvgIpc) is 2.58. The molecule has 0 saturated carbocycles. The predicted molar refractivity (Wildman–Crippen MR) is 76.5 cm³/mol. The summed E-state index contributed by atoms with van der Waals surface area (Å²) in [4.78, 5) is 0. The van der Waals surface area contributed by atoms with Gasteiger partial charge in [0.1, 0.15) is 11.5 Å². The summed E-state index contributed by atoms with van der Waals surface area (Å²) in [5, 5.41) is 0. The van der Waals surface area contributed by atoms with Crippen LogP contribution in [0.5, 0.6) is 0 Å². The van der Waals surface area contributed by atoms with Crippen LogP contribution in [0.1, 0.15) is 44.8 Å². The first kappa shape index (κ1) is 16.5. The second-order valence-electron chi connectivity index (χ2n) is 5.00. The van der Waals surface area contributed by atoms with E-state index in [1.165, 1.54) is 0 Å². The fraction of sp³-hybridized carbons (Fsp3) is 0.714. The number of hydrogen-bond acceptors (Lipinski definition) is 4. The van der Waals surface area contributed by atoms with E-state index in [0.717, 1.165) is 23.5 Å². The van der Waals surface area contributed by atoms with Crippen LogP contribution in [-0.2, 0) is 26.2 Å². The number of aryl methyl sites for hydroxylation is 1. The van der Waals surface area contributed by atoms with Crippen molar-refractivity contribution < 1.29 is 18.0 Å². The van der Waals surface area contributed by atoms with E-state index in [-0.39, 0.29) is 6.16 Å². The Bertz CT molecular complexity index is 427. The van der Waals surface area contributed by atoms with E-state index in [2.05, 4.69) is 13.8 Å². The highest BCUT2D eigenvalue weighted by Gasteiger charge is 2.26. The second kappa shape index (κ2) is 7.28. The van der Waals surface area contributed by atoms with Crippen LogP contribution in [0.2, 0.25) is 0 Å². The highest BCUT2D eigenvalue weighted by molar-refractivity contribution is 7.53. The summed E-state index contributed by atoms with van der Waals surface area (Å²) in [7, 11) is -3.05. The molecule has 0 spiro atoms. The van der Waals surface area contributed by atoms with Crippen molar-refractivity contribution in [2.75, 3.05) is 13.2 Å². The maximum absolute atomic E-state index is 12.5. The molecule has 0 saturated heterocycles. The molecule has 1 aromatic rings. The number of hydrogen-bond donors (Lipinski definition) is 0. The van der Waals surface area contributed by atoms with E-state index in [1.807, 2.05) is 26.8 Å². The van der Waals surface area contributed by atoms with Crippen molar-refractivity contribution in [3.05, 3.63) is 23.2 Å².